The van der Waals surface area contributed by atoms with Crippen LogP contribution in [-0.4, -0.2) is 167 Å². The van der Waals surface area contributed by atoms with E-state index in [9.17, 15) is 43.2 Å². The van der Waals surface area contributed by atoms with Gasteiger partial charge in [-0.3, -0.25) is 33.6 Å². The van der Waals surface area contributed by atoms with Crippen molar-refractivity contribution in [3.05, 3.63) is 0 Å². The first kappa shape index (κ1) is 45.5. The fourth-order valence-corrected chi connectivity index (χ4v) is 5.11. The number of hydrogen-bond acceptors (Lipinski definition) is 16. The summed E-state index contributed by atoms with van der Waals surface area (Å²) in [7, 11) is 1.51. The molecular weight excluding hydrogens is 694 g/mol. The number of nitrogens with zero attached hydrogens (tertiary/aromatic N) is 2. The van der Waals surface area contributed by atoms with Crippen LogP contribution in [0.25, 0.3) is 0 Å². The zero-order chi connectivity index (χ0) is 39.2. The van der Waals surface area contributed by atoms with Gasteiger partial charge in [0.05, 0.1) is 39.0 Å². The standard InChI is InChI=1S/C32H51N5O15/c1-7-36(11-13-38)27(45)9-8-24(33-6)31(46)37(12-14-39)18-26(44)34-10-15-47-16-17-48-32-28(35-20(2)40)30(51-23(5)43)29(50-22(4)42)25(52-32)19-49-21(3)41/h13-14,24-25,28-30,32-33H,7-12,15-19H2,1-6H3,(H,34,44)(H,35,40). The van der Waals surface area contributed by atoms with Crippen LogP contribution in [0.2, 0.25) is 0 Å². The summed E-state index contributed by atoms with van der Waals surface area (Å²) in [6.07, 6.45) is -3.82. The Hall–Kier alpha value is -4.53. The molecule has 0 bridgehead atoms. The Morgan fingerprint density at radius 3 is 2.04 bits per heavy atom. The highest BCUT2D eigenvalue weighted by Crippen LogP contribution is 2.28. The third-order valence-corrected chi connectivity index (χ3v) is 7.41. The van der Waals surface area contributed by atoms with Gasteiger partial charge in [-0.2, -0.15) is 0 Å². The molecule has 0 aromatic rings. The smallest absolute Gasteiger partial charge is 0.303 e. The molecule has 0 aromatic heterocycles. The lowest BCUT2D eigenvalue weighted by Crippen LogP contribution is -2.66. The highest BCUT2D eigenvalue weighted by molar-refractivity contribution is 5.89. The van der Waals surface area contributed by atoms with Gasteiger partial charge in [0.15, 0.2) is 18.5 Å². The van der Waals surface area contributed by atoms with Gasteiger partial charge in [0.25, 0.3) is 0 Å². The summed E-state index contributed by atoms with van der Waals surface area (Å²) in [6.45, 7) is 5.28. The number of likely N-dealkylation sites (N-methyl/N-ethyl adjacent to an activating group) is 2. The normalized spacial score (nSPS) is 20.0. The van der Waals surface area contributed by atoms with Crippen LogP contribution in [-0.2, 0) is 71.6 Å². The molecule has 0 aromatic carbocycles. The second-order valence-electron chi connectivity index (χ2n) is 11.4. The van der Waals surface area contributed by atoms with Crippen LogP contribution >= 0.6 is 0 Å². The van der Waals surface area contributed by atoms with E-state index in [-0.39, 0.29) is 64.8 Å². The maximum atomic E-state index is 13.1. The number of hydrogen-bond donors (Lipinski definition) is 3. The van der Waals surface area contributed by atoms with E-state index in [0.29, 0.717) is 19.1 Å². The second kappa shape index (κ2) is 24.6. The lowest BCUT2D eigenvalue weighted by molar-refractivity contribution is -0.279. The van der Waals surface area contributed by atoms with Gasteiger partial charge in [-0.25, -0.2) is 0 Å². The Morgan fingerprint density at radius 2 is 1.48 bits per heavy atom. The minimum Gasteiger partial charge on any atom is -0.463 e. The van der Waals surface area contributed by atoms with Crippen LogP contribution in [0, 0.1) is 0 Å². The van der Waals surface area contributed by atoms with E-state index in [0.717, 1.165) is 25.7 Å². The van der Waals surface area contributed by atoms with Crippen LogP contribution in [0.3, 0.4) is 0 Å². The molecule has 4 amide bonds. The van der Waals surface area contributed by atoms with Crippen molar-refractivity contribution in [1.82, 2.24) is 25.8 Å². The van der Waals surface area contributed by atoms with Crippen molar-refractivity contribution >= 4 is 54.1 Å². The highest BCUT2D eigenvalue weighted by Gasteiger charge is 2.51. The summed E-state index contributed by atoms with van der Waals surface area (Å²) in [5.41, 5.74) is 0. The summed E-state index contributed by atoms with van der Waals surface area (Å²) in [4.78, 5) is 110. The molecule has 1 fully saturated rings. The number of carbonyl (C=O) groups excluding carboxylic acids is 9. The van der Waals surface area contributed by atoms with Crippen molar-refractivity contribution < 1.29 is 71.6 Å². The first-order valence-electron chi connectivity index (χ1n) is 16.7. The van der Waals surface area contributed by atoms with Gasteiger partial charge in [-0.15, -0.1) is 0 Å². The van der Waals surface area contributed by atoms with Gasteiger partial charge in [-0.1, -0.05) is 0 Å². The van der Waals surface area contributed by atoms with Gasteiger partial charge in [0, 0.05) is 47.2 Å². The van der Waals surface area contributed by atoms with E-state index in [2.05, 4.69) is 16.0 Å². The summed E-state index contributed by atoms with van der Waals surface area (Å²) in [6, 6.07) is -2.01. The first-order chi connectivity index (χ1) is 24.7. The fraction of sp³-hybridized carbons (Fsp3) is 0.719. The van der Waals surface area contributed by atoms with E-state index in [1.807, 2.05) is 0 Å². The fourth-order valence-electron chi connectivity index (χ4n) is 5.11. The molecule has 0 spiro atoms. The van der Waals surface area contributed by atoms with Crippen molar-refractivity contribution in [3.8, 4) is 0 Å². The van der Waals surface area contributed by atoms with Crippen LogP contribution in [0.4, 0.5) is 0 Å². The van der Waals surface area contributed by atoms with E-state index >= 15 is 0 Å². The molecule has 20 heteroatoms. The summed E-state index contributed by atoms with van der Waals surface area (Å²) < 4.78 is 33.0. The molecule has 3 N–H and O–H groups in total. The molecule has 0 radical (unpaired) electrons. The number of carbonyl (C=O) groups is 9. The monoisotopic (exact) mass is 745 g/mol. The number of esters is 3. The Kier molecular flexibility index (Phi) is 21.5. The molecular formula is C32H51N5O15. The molecule has 20 nitrogen and oxygen atoms in total. The molecule has 0 saturated carbocycles. The second-order valence-corrected chi connectivity index (χ2v) is 11.4. The van der Waals surface area contributed by atoms with Crippen molar-refractivity contribution in [1.29, 1.82) is 0 Å². The Morgan fingerprint density at radius 1 is 0.846 bits per heavy atom. The van der Waals surface area contributed by atoms with Gasteiger partial charge in [0.2, 0.25) is 23.6 Å². The quantitative estimate of drug-likeness (QED) is 0.0392. The minimum absolute atomic E-state index is 0.00696. The van der Waals surface area contributed by atoms with Crippen molar-refractivity contribution in [3.63, 3.8) is 0 Å². The molecule has 6 atom stereocenters. The average Bonchev–Trinajstić information content (AvgIpc) is 3.07. The molecule has 1 aliphatic heterocycles. The lowest BCUT2D eigenvalue weighted by Gasteiger charge is -2.44. The predicted octanol–water partition coefficient (Wildman–Crippen LogP) is -2.76. The predicted molar refractivity (Wildman–Crippen MR) is 177 cm³/mol. The van der Waals surface area contributed by atoms with Crippen molar-refractivity contribution in [2.75, 3.05) is 66.2 Å². The summed E-state index contributed by atoms with van der Waals surface area (Å²) in [5.74, 6) is -4.13. The van der Waals surface area contributed by atoms with Crippen molar-refractivity contribution in [2.45, 2.75) is 84.1 Å². The number of nitrogens with one attached hydrogen (secondary N) is 3. The van der Waals surface area contributed by atoms with Crippen LogP contribution < -0.4 is 16.0 Å². The molecule has 1 rings (SSSR count). The zero-order valence-electron chi connectivity index (χ0n) is 30.4. The number of amides is 4. The maximum absolute atomic E-state index is 13.1. The third-order valence-electron chi connectivity index (χ3n) is 7.41. The van der Waals surface area contributed by atoms with E-state index in [4.69, 9.17) is 28.4 Å². The molecule has 1 heterocycles. The lowest BCUT2D eigenvalue weighted by atomic mass is 9.96. The van der Waals surface area contributed by atoms with Crippen LogP contribution in [0.1, 0.15) is 47.5 Å². The Balaban J connectivity index is 2.74. The molecule has 52 heavy (non-hydrogen) atoms. The van der Waals surface area contributed by atoms with Crippen molar-refractivity contribution in [2.24, 2.45) is 0 Å². The number of ether oxygens (including phenoxy) is 6. The zero-order valence-corrected chi connectivity index (χ0v) is 30.4. The van der Waals surface area contributed by atoms with Gasteiger partial charge in [-0.05, 0) is 20.4 Å². The summed E-state index contributed by atoms with van der Waals surface area (Å²) >= 11 is 0. The summed E-state index contributed by atoms with van der Waals surface area (Å²) in [5, 5.41) is 7.96. The van der Waals surface area contributed by atoms with Gasteiger partial charge < -0.3 is 63.8 Å². The minimum atomic E-state index is -1.28. The largest absolute Gasteiger partial charge is 0.463 e. The average molecular weight is 746 g/mol. The maximum Gasteiger partial charge on any atom is 0.303 e. The molecule has 6 unspecified atom stereocenters. The number of rotatable bonds is 24. The third kappa shape index (κ3) is 16.7. The van der Waals surface area contributed by atoms with Crippen LogP contribution in [0.15, 0.2) is 0 Å². The molecule has 294 valence electrons. The molecule has 1 aliphatic rings. The Labute approximate surface area is 301 Å². The van der Waals surface area contributed by atoms with Crippen LogP contribution in [0.5, 0.6) is 0 Å². The van der Waals surface area contributed by atoms with E-state index in [1.165, 1.54) is 18.9 Å². The Bertz CT molecular complexity index is 1230. The van der Waals surface area contributed by atoms with E-state index < -0.39 is 78.9 Å². The molecule has 1 saturated heterocycles. The SMILES string of the molecule is CCN(CC=O)C(=O)CCC(NC)C(=O)N(CC=O)CC(=O)NCCOCCOC1OC(COC(C)=O)C(OC(C)=O)C(OC(C)=O)C1NC(C)=O. The first-order valence-corrected chi connectivity index (χ1v) is 16.7. The molecule has 0 aliphatic carbocycles. The highest BCUT2D eigenvalue weighted by atomic mass is 16.7. The van der Waals surface area contributed by atoms with E-state index in [1.54, 1.807) is 6.92 Å². The van der Waals surface area contributed by atoms with Gasteiger partial charge in [0.1, 0.15) is 37.9 Å². The topological polar surface area (TPSA) is 252 Å². The van der Waals surface area contributed by atoms with Gasteiger partial charge >= 0.3 is 17.9 Å². The number of aldehydes is 2.